The Bertz CT molecular complexity index is 488. The van der Waals surface area contributed by atoms with E-state index in [1.54, 1.807) is 10.5 Å². The van der Waals surface area contributed by atoms with Crippen LogP contribution in [0.2, 0.25) is 0 Å². The highest BCUT2D eigenvalue weighted by Gasteiger charge is 2.10. The molecule has 4 heteroatoms. The second-order valence-corrected chi connectivity index (χ2v) is 4.12. The lowest BCUT2D eigenvalue weighted by molar-refractivity contribution is 0.619. The fraction of sp³-hybridized carbons (Fsp3) is 0.364. The zero-order valence-electron chi connectivity index (χ0n) is 8.87. The Morgan fingerprint density at radius 3 is 2.87 bits per heavy atom. The third-order valence-electron chi connectivity index (χ3n) is 2.30. The molecule has 0 saturated heterocycles. The van der Waals surface area contributed by atoms with E-state index in [2.05, 4.69) is 18.8 Å². The molecule has 3 nitrogen and oxygen atoms in total. The number of rotatable bonds is 2. The third kappa shape index (κ3) is 1.79. The summed E-state index contributed by atoms with van der Waals surface area (Å²) >= 11 is 0. The zero-order valence-corrected chi connectivity index (χ0v) is 8.87. The van der Waals surface area contributed by atoms with Crippen molar-refractivity contribution in [3.63, 3.8) is 0 Å². The molecule has 2 heterocycles. The lowest BCUT2D eigenvalue weighted by Gasteiger charge is -2.01. The van der Waals surface area contributed by atoms with Gasteiger partial charge in [-0.1, -0.05) is 13.8 Å². The Morgan fingerprint density at radius 1 is 1.47 bits per heavy atom. The van der Waals surface area contributed by atoms with E-state index in [-0.39, 0.29) is 5.82 Å². The lowest BCUT2D eigenvalue weighted by atomic mass is 10.1. The van der Waals surface area contributed by atoms with Gasteiger partial charge in [-0.15, -0.1) is 0 Å². The summed E-state index contributed by atoms with van der Waals surface area (Å²) in [6.07, 6.45) is 2.18. The fourth-order valence-electron chi connectivity index (χ4n) is 1.62. The highest BCUT2D eigenvalue weighted by Crippen LogP contribution is 2.18. The van der Waals surface area contributed by atoms with Gasteiger partial charge in [0.25, 0.3) is 0 Å². The van der Waals surface area contributed by atoms with E-state index in [4.69, 9.17) is 5.73 Å². The van der Waals surface area contributed by atoms with Crippen LogP contribution in [0.1, 0.15) is 19.5 Å². The molecule has 2 N–H and O–H groups in total. The van der Waals surface area contributed by atoms with Gasteiger partial charge in [-0.3, -0.25) is 4.40 Å². The fourth-order valence-corrected chi connectivity index (χ4v) is 1.62. The third-order valence-corrected chi connectivity index (χ3v) is 2.30. The maximum atomic E-state index is 13.0. The average Bonchev–Trinajstić information content (AvgIpc) is 2.44. The van der Waals surface area contributed by atoms with Crippen LogP contribution < -0.4 is 5.73 Å². The van der Waals surface area contributed by atoms with Gasteiger partial charge in [0.2, 0.25) is 0 Å². The van der Waals surface area contributed by atoms with E-state index >= 15 is 0 Å². The predicted molar refractivity (Wildman–Crippen MR) is 58.1 cm³/mol. The van der Waals surface area contributed by atoms with Gasteiger partial charge in [0.05, 0.1) is 5.69 Å². The standard InChI is InChI=1S/C11H14FN3/c1-7(2)5-9-11(13)15-6-8(12)3-4-10(15)14-9/h3-4,6-7H,5,13H2,1-2H3. The molecule has 0 spiro atoms. The maximum absolute atomic E-state index is 13.0. The average molecular weight is 207 g/mol. The molecule has 0 aliphatic heterocycles. The monoisotopic (exact) mass is 207 g/mol. The summed E-state index contributed by atoms with van der Waals surface area (Å²) < 4.78 is 14.6. The number of anilines is 1. The summed E-state index contributed by atoms with van der Waals surface area (Å²) in [5.74, 6) is 0.725. The number of pyridine rings is 1. The maximum Gasteiger partial charge on any atom is 0.140 e. The molecule has 0 bridgehead atoms. The number of halogens is 1. The summed E-state index contributed by atoms with van der Waals surface area (Å²) in [6.45, 7) is 4.20. The van der Waals surface area contributed by atoms with Crippen molar-refractivity contribution >= 4 is 11.5 Å². The van der Waals surface area contributed by atoms with E-state index in [1.807, 2.05) is 0 Å². The molecule has 0 aromatic carbocycles. The number of nitrogens with zero attached hydrogens (tertiary/aromatic N) is 2. The van der Waals surface area contributed by atoms with Gasteiger partial charge >= 0.3 is 0 Å². The van der Waals surface area contributed by atoms with E-state index in [0.29, 0.717) is 17.4 Å². The van der Waals surface area contributed by atoms with Gasteiger partial charge in [-0.25, -0.2) is 9.37 Å². The number of imidazole rings is 1. The minimum atomic E-state index is -0.303. The molecule has 0 radical (unpaired) electrons. The van der Waals surface area contributed by atoms with Crippen molar-refractivity contribution < 1.29 is 4.39 Å². The molecule has 80 valence electrons. The van der Waals surface area contributed by atoms with Gasteiger partial charge in [0.15, 0.2) is 0 Å². The SMILES string of the molecule is CC(C)Cc1nc2ccc(F)cn2c1N. The molecular formula is C11H14FN3. The molecule has 2 rings (SSSR count). The largest absolute Gasteiger partial charge is 0.383 e. The smallest absolute Gasteiger partial charge is 0.140 e. The second-order valence-electron chi connectivity index (χ2n) is 4.12. The van der Waals surface area contributed by atoms with Crippen molar-refractivity contribution in [3.8, 4) is 0 Å². The topological polar surface area (TPSA) is 43.3 Å². The molecule has 0 aliphatic carbocycles. The molecule has 0 aliphatic rings. The van der Waals surface area contributed by atoms with Crippen molar-refractivity contribution in [3.05, 3.63) is 29.8 Å². The Balaban J connectivity index is 2.54. The number of hydrogen-bond donors (Lipinski definition) is 1. The van der Waals surface area contributed by atoms with Crippen LogP contribution in [-0.4, -0.2) is 9.38 Å². The highest BCUT2D eigenvalue weighted by atomic mass is 19.1. The van der Waals surface area contributed by atoms with E-state index in [1.165, 1.54) is 12.3 Å². The Morgan fingerprint density at radius 2 is 2.20 bits per heavy atom. The first-order valence-electron chi connectivity index (χ1n) is 5.00. The molecule has 0 atom stereocenters. The van der Waals surface area contributed by atoms with Crippen molar-refractivity contribution in [2.75, 3.05) is 5.73 Å². The van der Waals surface area contributed by atoms with Crippen molar-refractivity contribution in [1.29, 1.82) is 0 Å². The zero-order chi connectivity index (χ0) is 11.0. The van der Waals surface area contributed by atoms with Crippen molar-refractivity contribution in [2.24, 2.45) is 5.92 Å². The van der Waals surface area contributed by atoms with Crippen LogP contribution in [0, 0.1) is 11.7 Å². The molecule has 2 aromatic heterocycles. The molecular weight excluding hydrogens is 193 g/mol. The summed E-state index contributed by atoms with van der Waals surface area (Å²) in [4.78, 5) is 4.36. The highest BCUT2D eigenvalue weighted by molar-refractivity contribution is 5.52. The van der Waals surface area contributed by atoms with Crippen LogP contribution in [-0.2, 0) is 6.42 Å². The first kappa shape index (κ1) is 9.96. The van der Waals surface area contributed by atoms with Crippen LogP contribution in [0.5, 0.6) is 0 Å². The summed E-state index contributed by atoms with van der Waals surface area (Å²) in [6, 6.07) is 3.02. The van der Waals surface area contributed by atoms with Gasteiger partial charge in [0, 0.05) is 6.20 Å². The van der Waals surface area contributed by atoms with Crippen molar-refractivity contribution in [2.45, 2.75) is 20.3 Å². The minimum Gasteiger partial charge on any atom is -0.383 e. The lowest BCUT2D eigenvalue weighted by Crippen LogP contribution is -2.00. The van der Waals surface area contributed by atoms with Gasteiger partial charge in [-0.05, 0) is 24.5 Å². The summed E-state index contributed by atoms with van der Waals surface area (Å²) in [5, 5.41) is 0. The van der Waals surface area contributed by atoms with E-state index in [0.717, 1.165) is 12.1 Å². The van der Waals surface area contributed by atoms with Crippen LogP contribution in [0.3, 0.4) is 0 Å². The number of hydrogen-bond acceptors (Lipinski definition) is 2. The number of nitrogens with two attached hydrogens (primary N) is 1. The predicted octanol–water partition coefficient (Wildman–Crippen LogP) is 2.25. The van der Waals surface area contributed by atoms with Gasteiger partial charge in [0.1, 0.15) is 17.3 Å². The van der Waals surface area contributed by atoms with E-state index in [9.17, 15) is 4.39 Å². The van der Waals surface area contributed by atoms with Crippen LogP contribution >= 0.6 is 0 Å². The van der Waals surface area contributed by atoms with Crippen LogP contribution in [0.15, 0.2) is 18.3 Å². The van der Waals surface area contributed by atoms with Crippen LogP contribution in [0.25, 0.3) is 5.65 Å². The molecule has 0 saturated carbocycles. The molecule has 0 fully saturated rings. The Kier molecular flexibility index (Phi) is 2.34. The summed E-state index contributed by atoms with van der Waals surface area (Å²) in [5.41, 5.74) is 7.43. The number of fused-ring (bicyclic) bond motifs is 1. The number of nitrogen functional groups attached to an aromatic ring is 1. The molecule has 15 heavy (non-hydrogen) atoms. The molecule has 2 aromatic rings. The molecule has 0 amide bonds. The van der Waals surface area contributed by atoms with Crippen LogP contribution in [0.4, 0.5) is 10.2 Å². The van der Waals surface area contributed by atoms with Crippen molar-refractivity contribution in [1.82, 2.24) is 9.38 Å². The minimum absolute atomic E-state index is 0.303. The molecule has 0 unspecified atom stereocenters. The Labute approximate surface area is 87.7 Å². The summed E-state index contributed by atoms with van der Waals surface area (Å²) in [7, 11) is 0. The Hall–Kier alpha value is -1.58. The quantitative estimate of drug-likeness (QED) is 0.820. The first-order valence-corrected chi connectivity index (χ1v) is 5.00. The number of aromatic nitrogens is 2. The van der Waals surface area contributed by atoms with Gasteiger partial charge < -0.3 is 5.73 Å². The van der Waals surface area contributed by atoms with Gasteiger partial charge in [-0.2, -0.15) is 0 Å². The van der Waals surface area contributed by atoms with E-state index < -0.39 is 0 Å². The second kappa shape index (κ2) is 3.53. The normalized spacial score (nSPS) is 11.5. The first-order chi connectivity index (χ1) is 7.08.